The number of carbonyl (C=O) groups excluding carboxylic acids is 3. The second-order valence-corrected chi connectivity index (χ2v) is 7.26. The molecule has 8 heteroatoms. The number of rotatable bonds is 7. The Morgan fingerprint density at radius 3 is 2.69 bits per heavy atom. The second-order valence-electron chi connectivity index (χ2n) is 6.26. The molecular formula is C21H19FN2O4S. The molecule has 2 aromatic rings. The van der Waals surface area contributed by atoms with E-state index >= 15 is 0 Å². The van der Waals surface area contributed by atoms with Gasteiger partial charge < -0.3 is 10.1 Å². The molecule has 0 atom stereocenters. The average Bonchev–Trinajstić information content (AvgIpc) is 2.97. The Bertz CT molecular complexity index is 959. The number of thioether (sulfide) groups is 1. The van der Waals surface area contributed by atoms with Gasteiger partial charge in [-0.05, 0) is 53.2 Å². The maximum Gasteiger partial charge on any atom is 0.293 e. The normalized spacial score (nSPS) is 15.1. The molecule has 1 aliphatic rings. The zero-order valence-corrected chi connectivity index (χ0v) is 16.5. The third-order valence-corrected chi connectivity index (χ3v) is 5.11. The predicted molar refractivity (Wildman–Crippen MR) is 109 cm³/mol. The van der Waals surface area contributed by atoms with Gasteiger partial charge in [0, 0.05) is 13.1 Å². The zero-order valence-electron chi connectivity index (χ0n) is 15.7. The van der Waals surface area contributed by atoms with Gasteiger partial charge in [0.2, 0.25) is 5.91 Å². The first-order valence-corrected chi connectivity index (χ1v) is 9.68. The molecule has 1 heterocycles. The lowest BCUT2D eigenvalue weighted by atomic mass is 10.1. The minimum atomic E-state index is -0.425. The Kier molecular flexibility index (Phi) is 6.66. The molecule has 1 saturated heterocycles. The molecule has 1 fully saturated rings. The highest BCUT2D eigenvalue weighted by Crippen LogP contribution is 2.31. The third-order valence-electron chi connectivity index (χ3n) is 4.20. The lowest BCUT2D eigenvalue weighted by Gasteiger charge is -2.13. The molecule has 1 aliphatic heterocycles. The van der Waals surface area contributed by atoms with Gasteiger partial charge in [-0.2, -0.15) is 0 Å². The van der Waals surface area contributed by atoms with Crippen LogP contribution in [0.15, 0.2) is 53.4 Å². The number of benzene rings is 2. The quantitative estimate of drug-likeness (QED) is 0.704. The van der Waals surface area contributed by atoms with Gasteiger partial charge in [0.25, 0.3) is 11.1 Å². The molecule has 2 aromatic carbocycles. The minimum absolute atomic E-state index is 0.0786. The molecule has 0 aliphatic carbocycles. The van der Waals surface area contributed by atoms with Crippen LogP contribution in [0.5, 0.6) is 5.75 Å². The molecular weight excluding hydrogens is 395 g/mol. The fourth-order valence-electron chi connectivity index (χ4n) is 2.74. The number of hydrogen-bond donors (Lipinski definition) is 1. The first-order valence-electron chi connectivity index (χ1n) is 8.87. The summed E-state index contributed by atoms with van der Waals surface area (Å²) in [5.41, 5.74) is 1.43. The number of ether oxygens (including phenoxy) is 1. The maximum atomic E-state index is 13.0. The molecule has 3 amide bonds. The Labute approximate surface area is 171 Å². The average molecular weight is 414 g/mol. The minimum Gasteiger partial charge on any atom is -0.497 e. The molecule has 1 N–H and O–H groups in total. The topological polar surface area (TPSA) is 75.7 Å². The van der Waals surface area contributed by atoms with Crippen molar-refractivity contribution in [3.63, 3.8) is 0 Å². The lowest BCUT2D eigenvalue weighted by molar-refractivity contribution is -0.124. The standard InChI is InChI=1S/C21H19FN2O4S/c1-28-17-4-2-3-15(11-17)13-19(25)23-9-10-24-20(26)18(29-21(24)27)12-14-5-7-16(22)8-6-14/h2-8,11-12H,9-10,13H2,1H3,(H,23,25)/b18-12+. The SMILES string of the molecule is COc1cccc(CC(=O)NCCN2C(=O)S/C(=C/c3ccc(F)cc3)C2=O)c1. The summed E-state index contributed by atoms with van der Waals surface area (Å²) in [6, 6.07) is 12.8. The van der Waals surface area contributed by atoms with E-state index < -0.39 is 11.1 Å². The lowest BCUT2D eigenvalue weighted by Crippen LogP contribution is -2.37. The van der Waals surface area contributed by atoms with E-state index in [-0.39, 0.29) is 36.1 Å². The second kappa shape index (κ2) is 9.38. The van der Waals surface area contributed by atoms with Crippen molar-refractivity contribution in [2.45, 2.75) is 6.42 Å². The molecule has 3 rings (SSSR count). The van der Waals surface area contributed by atoms with Crippen LogP contribution in [0.1, 0.15) is 11.1 Å². The number of nitrogens with one attached hydrogen (secondary N) is 1. The first-order chi connectivity index (χ1) is 14.0. The molecule has 0 aromatic heterocycles. The summed E-state index contributed by atoms with van der Waals surface area (Å²) in [4.78, 5) is 38.0. The number of carbonyl (C=O) groups is 3. The summed E-state index contributed by atoms with van der Waals surface area (Å²) < 4.78 is 18.1. The Morgan fingerprint density at radius 1 is 1.21 bits per heavy atom. The molecule has 0 unspecified atom stereocenters. The van der Waals surface area contributed by atoms with Crippen LogP contribution in [0.3, 0.4) is 0 Å². The van der Waals surface area contributed by atoms with Gasteiger partial charge in [-0.1, -0.05) is 24.3 Å². The van der Waals surface area contributed by atoms with E-state index in [0.717, 1.165) is 22.2 Å². The van der Waals surface area contributed by atoms with E-state index in [1.165, 1.54) is 24.3 Å². The maximum absolute atomic E-state index is 13.0. The van der Waals surface area contributed by atoms with Crippen molar-refractivity contribution in [2.75, 3.05) is 20.2 Å². The largest absolute Gasteiger partial charge is 0.497 e. The van der Waals surface area contributed by atoms with E-state index in [2.05, 4.69) is 5.32 Å². The number of nitrogens with zero attached hydrogens (tertiary/aromatic N) is 1. The van der Waals surface area contributed by atoms with Gasteiger partial charge in [-0.15, -0.1) is 0 Å². The van der Waals surface area contributed by atoms with Crippen LogP contribution in [-0.2, 0) is 16.0 Å². The summed E-state index contributed by atoms with van der Waals surface area (Å²) in [7, 11) is 1.56. The van der Waals surface area contributed by atoms with E-state index in [9.17, 15) is 18.8 Å². The Balaban J connectivity index is 1.52. The van der Waals surface area contributed by atoms with Gasteiger partial charge >= 0.3 is 0 Å². The Hall–Kier alpha value is -3.13. The molecule has 29 heavy (non-hydrogen) atoms. The van der Waals surface area contributed by atoms with Crippen molar-refractivity contribution in [1.29, 1.82) is 0 Å². The summed E-state index contributed by atoms with van der Waals surface area (Å²) in [6.45, 7) is 0.236. The van der Waals surface area contributed by atoms with Gasteiger partial charge in [-0.25, -0.2) is 4.39 Å². The molecule has 150 valence electrons. The fourth-order valence-corrected chi connectivity index (χ4v) is 3.61. The summed E-state index contributed by atoms with van der Waals surface area (Å²) in [6.07, 6.45) is 1.72. The third kappa shape index (κ3) is 5.45. The van der Waals surface area contributed by atoms with Crippen LogP contribution in [0.4, 0.5) is 9.18 Å². The molecule has 0 saturated carbocycles. The van der Waals surface area contributed by atoms with Crippen molar-refractivity contribution < 1.29 is 23.5 Å². The number of hydrogen-bond acceptors (Lipinski definition) is 5. The van der Waals surface area contributed by atoms with Crippen LogP contribution >= 0.6 is 11.8 Å². The van der Waals surface area contributed by atoms with Crippen LogP contribution in [0, 0.1) is 5.82 Å². The van der Waals surface area contributed by atoms with Crippen molar-refractivity contribution >= 4 is 34.9 Å². The summed E-state index contributed by atoms with van der Waals surface area (Å²) in [5, 5.41) is 2.31. The van der Waals surface area contributed by atoms with Crippen molar-refractivity contribution in [2.24, 2.45) is 0 Å². The number of amides is 3. The van der Waals surface area contributed by atoms with E-state index in [1.807, 2.05) is 6.07 Å². The van der Waals surface area contributed by atoms with E-state index in [4.69, 9.17) is 4.74 Å². The molecule has 6 nitrogen and oxygen atoms in total. The highest BCUT2D eigenvalue weighted by Gasteiger charge is 2.34. The van der Waals surface area contributed by atoms with Crippen LogP contribution < -0.4 is 10.1 Å². The summed E-state index contributed by atoms with van der Waals surface area (Å²) in [5.74, 6) is -0.348. The van der Waals surface area contributed by atoms with Crippen molar-refractivity contribution in [1.82, 2.24) is 10.2 Å². The van der Waals surface area contributed by atoms with Gasteiger partial charge in [0.1, 0.15) is 11.6 Å². The Morgan fingerprint density at radius 2 is 1.97 bits per heavy atom. The van der Waals surface area contributed by atoms with Crippen LogP contribution in [-0.4, -0.2) is 42.2 Å². The monoisotopic (exact) mass is 414 g/mol. The molecule has 0 bridgehead atoms. The predicted octanol–water partition coefficient (Wildman–Crippen LogP) is 3.23. The molecule has 0 spiro atoms. The van der Waals surface area contributed by atoms with Crippen molar-refractivity contribution in [3.05, 3.63) is 70.4 Å². The van der Waals surface area contributed by atoms with Crippen LogP contribution in [0.2, 0.25) is 0 Å². The first kappa shape index (κ1) is 20.6. The van der Waals surface area contributed by atoms with E-state index in [1.54, 1.807) is 31.4 Å². The summed E-state index contributed by atoms with van der Waals surface area (Å²) >= 11 is 0.825. The van der Waals surface area contributed by atoms with Gasteiger partial charge in [-0.3, -0.25) is 19.3 Å². The van der Waals surface area contributed by atoms with E-state index in [0.29, 0.717) is 11.3 Å². The number of methoxy groups -OCH3 is 1. The van der Waals surface area contributed by atoms with Gasteiger partial charge in [0.15, 0.2) is 0 Å². The highest BCUT2D eigenvalue weighted by molar-refractivity contribution is 8.18. The smallest absolute Gasteiger partial charge is 0.293 e. The van der Waals surface area contributed by atoms with Crippen LogP contribution in [0.25, 0.3) is 6.08 Å². The molecule has 0 radical (unpaired) electrons. The van der Waals surface area contributed by atoms with Crippen molar-refractivity contribution in [3.8, 4) is 5.75 Å². The fraction of sp³-hybridized carbons (Fsp3) is 0.190. The number of halogens is 1. The number of imide groups is 1. The highest BCUT2D eigenvalue weighted by atomic mass is 32.2. The zero-order chi connectivity index (χ0) is 20.8. The van der Waals surface area contributed by atoms with Gasteiger partial charge in [0.05, 0.1) is 18.4 Å².